The molecule has 0 radical (unpaired) electrons. The van der Waals surface area contributed by atoms with Crippen molar-refractivity contribution in [3.63, 3.8) is 0 Å². The summed E-state index contributed by atoms with van der Waals surface area (Å²) >= 11 is 0. The molecule has 104 valence electrons. The number of fused-ring (bicyclic) bond motifs is 1. The van der Waals surface area contributed by atoms with Crippen LogP contribution in [0.2, 0.25) is 0 Å². The average molecular weight is 267 g/mol. The van der Waals surface area contributed by atoms with E-state index in [-0.39, 0.29) is 0 Å². The molecule has 1 unspecified atom stereocenters. The predicted molar refractivity (Wildman–Crippen MR) is 83.3 cm³/mol. The summed E-state index contributed by atoms with van der Waals surface area (Å²) in [5, 5.41) is 10.6. The Morgan fingerprint density at radius 2 is 1.95 bits per heavy atom. The summed E-state index contributed by atoms with van der Waals surface area (Å²) in [6.07, 6.45) is 1.54. The fourth-order valence-corrected chi connectivity index (χ4v) is 2.93. The van der Waals surface area contributed by atoms with Crippen LogP contribution in [0.3, 0.4) is 0 Å². The zero-order chi connectivity index (χ0) is 14.1. The number of hydrogen-bond donors (Lipinski definition) is 1. The largest absolute Gasteiger partial charge is 0.384 e. The number of aliphatic hydroxyl groups excluding tert-OH is 1. The predicted octanol–water partition coefficient (Wildman–Crippen LogP) is 3.32. The van der Waals surface area contributed by atoms with E-state index in [1.165, 1.54) is 16.8 Å². The molecule has 0 bridgehead atoms. The molecule has 1 aliphatic heterocycles. The molecule has 0 fully saturated rings. The van der Waals surface area contributed by atoms with Crippen molar-refractivity contribution >= 4 is 5.69 Å². The molecule has 1 aliphatic rings. The topological polar surface area (TPSA) is 23.5 Å². The number of likely N-dealkylation sites (N-methyl/N-ethyl adjacent to an activating group) is 1. The SMILES string of the molecule is CCc1cccc(C(O)c2ccc3c(c2)CCN3C)c1. The molecule has 1 heterocycles. The maximum atomic E-state index is 10.6. The van der Waals surface area contributed by atoms with Gasteiger partial charge >= 0.3 is 0 Å². The number of hydrogen-bond acceptors (Lipinski definition) is 2. The van der Waals surface area contributed by atoms with Gasteiger partial charge in [-0.1, -0.05) is 43.3 Å². The maximum Gasteiger partial charge on any atom is 0.104 e. The first-order valence-electron chi connectivity index (χ1n) is 7.30. The lowest BCUT2D eigenvalue weighted by molar-refractivity contribution is 0.220. The van der Waals surface area contributed by atoms with Crippen LogP contribution in [0.25, 0.3) is 0 Å². The highest BCUT2D eigenvalue weighted by atomic mass is 16.3. The van der Waals surface area contributed by atoms with E-state index < -0.39 is 6.10 Å². The van der Waals surface area contributed by atoms with Gasteiger partial charge in [-0.3, -0.25) is 0 Å². The molecule has 1 atom stereocenters. The Balaban J connectivity index is 1.92. The third kappa shape index (κ3) is 2.32. The van der Waals surface area contributed by atoms with Gasteiger partial charge in [0.15, 0.2) is 0 Å². The molecule has 2 aromatic rings. The standard InChI is InChI=1S/C18H21NO/c1-3-13-5-4-6-15(11-13)18(20)16-7-8-17-14(12-16)9-10-19(17)2/h4-8,11-12,18,20H,3,9-10H2,1-2H3. The first-order chi connectivity index (χ1) is 9.69. The number of aliphatic hydroxyl groups is 1. The first-order valence-corrected chi connectivity index (χ1v) is 7.30. The minimum atomic E-state index is -0.530. The number of rotatable bonds is 3. The Morgan fingerprint density at radius 1 is 1.15 bits per heavy atom. The summed E-state index contributed by atoms with van der Waals surface area (Å²) in [4.78, 5) is 2.27. The number of aryl methyl sites for hydroxylation is 1. The summed E-state index contributed by atoms with van der Waals surface area (Å²) in [7, 11) is 2.12. The average Bonchev–Trinajstić information content (AvgIpc) is 2.87. The second-order valence-corrected chi connectivity index (χ2v) is 5.56. The third-order valence-electron chi connectivity index (χ3n) is 4.22. The van der Waals surface area contributed by atoms with Gasteiger partial charge in [0.2, 0.25) is 0 Å². The molecule has 2 aromatic carbocycles. The Labute approximate surface area is 120 Å². The number of anilines is 1. The van der Waals surface area contributed by atoms with E-state index in [0.717, 1.165) is 30.5 Å². The van der Waals surface area contributed by atoms with Crippen LogP contribution < -0.4 is 4.90 Å². The highest BCUT2D eigenvalue weighted by Gasteiger charge is 2.18. The Kier molecular flexibility index (Phi) is 3.49. The van der Waals surface area contributed by atoms with Crippen LogP contribution in [-0.2, 0) is 12.8 Å². The normalized spacial score (nSPS) is 15.2. The van der Waals surface area contributed by atoms with Crippen molar-refractivity contribution < 1.29 is 5.11 Å². The molecule has 0 saturated carbocycles. The van der Waals surface area contributed by atoms with E-state index in [9.17, 15) is 5.11 Å². The van der Waals surface area contributed by atoms with Crippen LogP contribution >= 0.6 is 0 Å². The quantitative estimate of drug-likeness (QED) is 0.922. The van der Waals surface area contributed by atoms with Crippen molar-refractivity contribution in [1.82, 2.24) is 0 Å². The fraction of sp³-hybridized carbons (Fsp3) is 0.333. The lowest BCUT2D eigenvalue weighted by Gasteiger charge is -2.16. The van der Waals surface area contributed by atoms with Gasteiger partial charge in [-0.05, 0) is 41.2 Å². The van der Waals surface area contributed by atoms with Crippen molar-refractivity contribution in [1.29, 1.82) is 0 Å². The molecule has 0 spiro atoms. The minimum absolute atomic E-state index is 0.530. The molecule has 2 nitrogen and oxygen atoms in total. The van der Waals surface area contributed by atoms with Gasteiger partial charge in [-0.25, -0.2) is 0 Å². The number of benzene rings is 2. The van der Waals surface area contributed by atoms with Crippen LogP contribution in [0.15, 0.2) is 42.5 Å². The van der Waals surface area contributed by atoms with Crippen LogP contribution in [0.4, 0.5) is 5.69 Å². The minimum Gasteiger partial charge on any atom is -0.384 e. The molecule has 0 aliphatic carbocycles. The van der Waals surface area contributed by atoms with Crippen molar-refractivity contribution in [3.05, 3.63) is 64.7 Å². The Hall–Kier alpha value is -1.80. The van der Waals surface area contributed by atoms with E-state index in [1.807, 2.05) is 18.2 Å². The second-order valence-electron chi connectivity index (χ2n) is 5.56. The summed E-state index contributed by atoms with van der Waals surface area (Å²) < 4.78 is 0. The van der Waals surface area contributed by atoms with E-state index in [1.54, 1.807) is 0 Å². The summed E-state index contributed by atoms with van der Waals surface area (Å²) in [6.45, 7) is 3.21. The molecule has 3 rings (SSSR count). The van der Waals surface area contributed by atoms with E-state index in [2.05, 4.69) is 43.1 Å². The monoisotopic (exact) mass is 267 g/mol. The Morgan fingerprint density at radius 3 is 2.75 bits per heavy atom. The van der Waals surface area contributed by atoms with Gasteiger partial charge in [-0.2, -0.15) is 0 Å². The van der Waals surface area contributed by atoms with E-state index >= 15 is 0 Å². The molecule has 0 saturated heterocycles. The van der Waals surface area contributed by atoms with Crippen molar-refractivity contribution in [2.24, 2.45) is 0 Å². The zero-order valence-corrected chi connectivity index (χ0v) is 12.1. The van der Waals surface area contributed by atoms with Crippen molar-refractivity contribution in [2.75, 3.05) is 18.5 Å². The second kappa shape index (κ2) is 5.29. The highest BCUT2D eigenvalue weighted by Crippen LogP contribution is 2.31. The van der Waals surface area contributed by atoms with E-state index in [0.29, 0.717) is 0 Å². The van der Waals surface area contributed by atoms with Gasteiger partial charge in [0, 0.05) is 19.3 Å². The van der Waals surface area contributed by atoms with Crippen molar-refractivity contribution in [3.8, 4) is 0 Å². The van der Waals surface area contributed by atoms with Gasteiger partial charge in [0.25, 0.3) is 0 Å². The van der Waals surface area contributed by atoms with E-state index in [4.69, 9.17) is 0 Å². The molecule has 2 heteroatoms. The molecule has 20 heavy (non-hydrogen) atoms. The molecular formula is C18H21NO. The van der Waals surface area contributed by atoms with Gasteiger partial charge in [0.05, 0.1) is 0 Å². The first kappa shape index (κ1) is 13.2. The highest BCUT2D eigenvalue weighted by molar-refractivity contribution is 5.59. The van der Waals surface area contributed by atoms with Gasteiger partial charge < -0.3 is 10.0 Å². The zero-order valence-electron chi connectivity index (χ0n) is 12.1. The van der Waals surface area contributed by atoms with Crippen LogP contribution in [0.5, 0.6) is 0 Å². The summed E-state index contributed by atoms with van der Waals surface area (Å²) in [6, 6.07) is 14.6. The van der Waals surface area contributed by atoms with Gasteiger partial charge in [0.1, 0.15) is 6.10 Å². The van der Waals surface area contributed by atoms with Crippen molar-refractivity contribution in [2.45, 2.75) is 25.9 Å². The van der Waals surface area contributed by atoms with Crippen LogP contribution in [-0.4, -0.2) is 18.7 Å². The summed E-state index contributed by atoms with van der Waals surface area (Å²) in [5.41, 5.74) is 5.88. The fourth-order valence-electron chi connectivity index (χ4n) is 2.93. The lowest BCUT2D eigenvalue weighted by atomic mass is 9.97. The molecule has 0 aromatic heterocycles. The molecular weight excluding hydrogens is 246 g/mol. The summed E-state index contributed by atoms with van der Waals surface area (Å²) in [5.74, 6) is 0. The number of nitrogens with zero attached hydrogens (tertiary/aromatic N) is 1. The van der Waals surface area contributed by atoms with Gasteiger partial charge in [-0.15, -0.1) is 0 Å². The third-order valence-corrected chi connectivity index (χ3v) is 4.22. The van der Waals surface area contributed by atoms with Crippen LogP contribution in [0, 0.1) is 0 Å². The molecule has 0 amide bonds. The smallest absolute Gasteiger partial charge is 0.104 e. The maximum absolute atomic E-state index is 10.6. The van der Waals surface area contributed by atoms with Crippen LogP contribution in [0.1, 0.15) is 35.3 Å². The molecule has 1 N–H and O–H groups in total. The Bertz CT molecular complexity index is 621. The lowest BCUT2D eigenvalue weighted by Crippen LogP contribution is -2.12.